The van der Waals surface area contributed by atoms with Gasteiger partial charge < -0.3 is 4.57 Å². The van der Waals surface area contributed by atoms with E-state index >= 15 is 0 Å². The lowest BCUT2D eigenvalue weighted by Gasteiger charge is -2.19. The zero-order chi connectivity index (χ0) is 14.9. The summed E-state index contributed by atoms with van der Waals surface area (Å²) in [5, 5.41) is -0.0655. The molecule has 0 spiro atoms. The van der Waals surface area contributed by atoms with E-state index in [-0.39, 0.29) is 5.38 Å². The Balaban J connectivity index is 2.45. The van der Waals surface area contributed by atoms with E-state index in [9.17, 15) is 0 Å². The number of benzene rings is 1. The molecule has 0 bridgehead atoms. The van der Waals surface area contributed by atoms with Gasteiger partial charge in [-0.05, 0) is 57.2 Å². The third-order valence-corrected chi connectivity index (χ3v) is 4.03. The first-order valence-electron chi connectivity index (χ1n) is 7.52. The van der Waals surface area contributed by atoms with Crippen molar-refractivity contribution in [2.45, 2.75) is 58.9 Å². The summed E-state index contributed by atoms with van der Waals surface area (Å²) >= 11 is 6.34. The zero-order valence-corrected chi connectivity index (χ0v) is 13.9. The molecule has 0 fully saturated rings. The van der Waals surface area contributed by atoms with E-state index in [0.29, 0.717) is 6.04 Å². The number of rotatable bonds is 5. The van der Waals surface area contributed by atoms with Gasteiger partial charge in [-0.1, -0.05) is 19.9 Å². The largest absolute Gasteiger partial charge is 0.324 e. The van der Waals surface area contributed by atoms with Crippen LogP contribution in [-0.2, 0) is 0 Å². The van der Waals surface area contributed by atoms with Gasteiger partial charge in [0.25, 0.3) is 0 Å². The SMILES string of the molecule is Cc1ccc2c(c1)nc(C(C)Cl)n2C(C)CCC(C)C. The second-order valence-electron chi connectivity index (χ2n) is 6.27. The minimum absolute atomic E-state index is 0.0655. The Kier molecular flexibility index (Phi) is 4.74. The lowest BCUT2D eigenvalue weighted by Crippen LogP contribution is -2.10. The molecule has 2 unspecified atom stereocenters. The molecule has 2 aromatic rings. The lowest BCUT2D eigenvalue weighted by atomic mass is 10.0. The first-order chi connectivity index (χ1) is 9.40. The lowest BCUT2D eigenvalue weighted by molar-refractivity contribution is 0.437. The van der Waals surface area contributed by atoms with Gasteiger partial charge >= 0.3 is 0 Å². The van der Waals surface area contributed by atoms with Crippen LogP contribution in [0.2, 0.25) is 0 Å². The molecular formula is C17H25ClN2. The maximum Gasteiger partial charge on any atom is 0.127 e. The minimum atomic E-state index is -0.0655. The van der Waals surface area contributed by atoms with E-state index in [0.717, 1.165) is 23.7 Å². The Morgan fingerprint density at radius 3 is 2.45 bits per heavy atom. The van der Waals surface area contributed by atoms with Crippen LogP contribution in [0.5, 0.6) is 0 Å². The first-order valence-corrected chi connectivity index (χ1v) is 7.96. The number of hydrogen-bond donors (Lipinski definition) is 0. The standard InChI is InChI=1S/C17H25ClN2/c1-11(2)6-8-13(4)20-16-9-7-12(3)10-15(16)19-17(20)14(5)18/h7,9-11,13-14H,6,8H2,1-5H3. The number of halogens is 1. The number of alkyl halides is 1. The van der Waals surface area contributed by atoms with Gasteiger partial charge in [-0.15, -0.1) is 11.6 Å². The highest BCUT2D eigenvalue weighted by atomic mass is 35.5. The van der Waals surface area contributed by atoms with Crippen molar-refractivity contribution in [1.29, 1.82) is 0 Å². The van der Waals surface area contributed by atoms with Crippen molar-refractivity contribution in [2.75, 3.05) is 0 Å². The minimum Gasteiger partial charge on any atom is -0.324 e. The normalized spacial score (nSPS) is 14.9. The third-order valence-electron chi connectivity index (χ3n) is 3.83. The average Bonchev–Trinajstić information content (AvgIpc) is 2.74. The van der Waals surface area contributed by atoms with Crippen LogP contribution in [-0.4, -0.2) is 9.55 Å². The van der Waals surface area contributed by atoms with Crippen LogP contribution in [0, 0.1) is 12.8 Å². The van der Waals surface area contributed by atoms with Crippen LogP contribution in [0.4, 0.5) is 0 Å². The van der Waals surface area contributed by atoms with Crippen molar-refractivity contribution in [3.8, 4) is 0 Å². The maximum atomic E-state index is 6.34. The fourth-order valence-corrected chi connectivity index (χ4v) is 2.83. The van der Waals surface area contributed by atoms with Gasteiger partial charge in [0.1, 0.15) is 5.82 Å². The average molecular weight is 293 g/mol. The Morgan fingerprint density at radius 1 is 1.15 bits per heavy atom. The molecule has 1 aromatic heterocycles. The number of imidazole rings is 1. The van der Waals surface area contributed by atoms with Crippen LogP contribution in [0.25, 0.3) is 11.0 Å². The molecule has 2 nitrogen and oxygen atoms in total. The Hall–Kier alpha value is -1.02. The first kappa shape index (κ1) is 15.4. The van der Waals surface area contributed by atoms with E-state index in [2.05, 4.69) is 50.5 Å². The van der Waals surface area contributed by atoms with Gasteiger partial charge in [0, 0.05) is 6.04 Å². The van der Waals surface area contributed by atoms with E-state index in [1.165, 1.54) is 17.5 Å². The molecule has 0 saturated carbocycles. The van der Waals surface area contributed by atoms with Crippen molar-refractivity contribution in [3.05, 3.63) is 29.6 Å². The topological polar surface area (TPSA) is 17.8 Å². The summed E-state index contributed by atoms with van der Waals surface area (Å²) in [5.41, 5.74) is 3.50. The van der Waals surface area contributed by atoms with Crippen LogP contribution in [0.15, 0.2) is 18.2 Å². The molecule has 0 aliphatic carbocycles. The summed E-state index contributed by atoms with van der Waals surface area (Å²) in [5.74, 6) is 1.72. The summed E-state index contributed by atoms with van der Waals surface area (Å²) < 4.78 is 2.33. The van der Waals surface area contributed by atoms with E-state index in [1.807, 2.05) is 6.92 Å². The highest BCUT2D eigenvalue weighted by Gasteiger charge is 2.19. The monoisotopic (exact) mass is 292 g/mol. The molecule has 0 aliphatic rings. The van der Waals surface area contributed by atoms with E-state index in [4.69, 9.17) is 16.6 Å². The van der Waals surface area contributed by atoms with E-state index < -0.39 is 0 Å². The number of aryl methyl sites for hydroxylation is 1. The Labute approximate surface area is 127 Å². The fraction of sp³-hybridized carbons (Fsp3) is 0.588. The molecule has 0 radical (unpaired) electrons. The summed E-state index contributed by atoms with van der Waals surface area (Å²) in [6.07, 6.45) is 2.39. The molecule has 2 atom stereocenters. The molecule has 0 amide bonds. The van der Waals surface area contributed by atoms with Crippen molar-refractivity contribution >= 4 is 22.6 Å². The smallest absolute Gasteiger partial charge is 0.127 e. The van der Waals surface area contributed by atoms with Gasteiger partial charge in [-0.3, -0.25) is 0 Å². The quantitative estimate of drug-likeness (QED) is 0.652. The summed E-state index contributed by atoms with van der Waals surface area (Å²) in [7, 11) is 0. The maximum absolute atomic E-state index is 6.34. The molecule has 0 saturated heterocycles. The molecule has 0 N–H and O–H groups in total. The van der Waals surface area contributed by atoms with Gasteiger partial charge in [0.05, 0.1) is 16.4 Å². The van der Waals surface area contributed by atoms with Crippen molar-refractivity contribution in [3.63, 3.8) is 0 Å². The number of aromatic nitrogens is 2. The second kappa shape index (κ2) is 6.17. The van der Waals surface area contributed by atoms with Crippen LogP contribution in [0.3, 0.4) is 0 Å². The zero-order valence-electron chi connectivity index (χ0n) is 13.2. The summed E-state index contributed by atoms with van der Waals surface area (Å²) in [6.45, 7) is 10.9. The fourth-order valence-electron chi connectivity index (χ4n) is 2.67. The Bertz CT molecular complexity index is 584. The number of fused-ring (bicyclic) bond motifs is 1. The molecule has 1 heterocycles. The van der Waals surface area contributed by atoms with Gasteiger partial charge in [0.15, 0.2) is 0 Å². The van der Waals surface area contributed by atoms with Gasteiger partial charge in [-0.2, -0.15) is 0 Å². The Morgan fingerprint density at radius 2 is 1.85 bits per heavy atom. The molecule has 3 heteroatoms. The summed E-state index contributed by atoms with van der Waals surface area (Å²) in [6, 6.07) is 6.90. The van der Waals surface area contributed by atoms with Gasteiger partial charge in [0.2, 0.25) is 0 Å². The van der Waals surface area contributed by atoms with Crippen molar-refractivity contribution in [1.82, 2.24) is 9.55 Å². The second-order valence-corrected chi connectivity index (χ2v) is 6.92. The third kappa shape index (κ3) is 3.17. The molecule has 0 aliphatic heterocycles. The molecule has 1 aromatic carbocycles. The molecular weight excluding hydrogens is 268 g/mol. The predicted octanol–water partition coefficient (Wildman–Crippen LogP) is 5.64. The van der Waals surface area contributed by atoms with Gasteiger partial charge in [-0.25, -0.2) is 4.98 Å². The van der Waals surface area contributed by atoms with Crippen LogP contribution in [0.1, 0.15) is 63.3 Å². The van der Waals surface area contributed by atoms with Crippen molar-refractivity contribution in [2.24, 2.45) is 5.92 Å². The molecule has 20 heavy (non-hydrogen) atoms. The number of hydrogen-bond acceptors (Lipinski definition) is 1. The number of nitrogens with zero attached hydrogens (tertiary/aromatic N) is 2. The van der Waals surface area contributed by atoms with E-state index in [1.54, 1.807) is 0 Å². The molecule has 2 rings (SSSR count). The van der Waals surface area contributed by atoms with Crippen LogP contribution < -0.4 is 0 Å². The van der Waals surface area contributed by atoms with Crippen LogP contribution >= 0.6 is 11.6 Å². The predicted molar refractivity (Wildman–Crippen MR) is 87.5 cm³/mol. The summed E-state index contributed by atoms with van der Waals surface area (Å²) in [4.78, 5) is 4.75. The molecule has 110 valence electrons. The van der Waals surface area contributed by atoms with Crippen molar-refractivity contribution < 1.29 is 0 Å². The highest BCUT2D eigenvalue weighted by Crippen LogP contribution is 2.30. The highest BCUT2D eigenvalue weighted by molar-refractivity contribution is 6.20.